The molecule has 2 aliphatic rings. The highest BCUT2D eigenvalue weighted by Gasteiger charge is 2.49. The summed E-state index contributed by atoms with van der Waals surface area (Å²) in [6.45, 7) is 0. The number of aryl methyl sites for hydroxylation is 1. The Kier molecular flexibility index (Phi) is 2.58. The van der Waals surface area contributed by atoms with Crippen LogP contribution in [0.2, 0.25) is 0 Å². The fourth-order valence-electron chi connectivity index (χ4n) is 4.02. The zero-order valence-corrected chi connectivity index (χ0v) is 10.4. The Hall–Kier alpha value is -1.51. The van der Waals surface area contributed by atoms with E-state index in [0.717, 1.165) is 37.7 Å². The molecule has 1 spiro atoms. The molecule has 0 bridgehead atoms. The van der Waals surface area contributed by atoms with Crippen LogP contribution in [0.1, 0.15) is 43.2 Å². The van der Waals surface area contributed by atoms with Gasteiger partial charge in [-0.05, 0) is 48.9 Å². The van der Waals surface area contributed by atoms with Crippen molar-refractivity contribution in [2.45, 2.75) is 43.9 Å². The fraction of sp³-hybridized carbons (Fsp3) is 0.533. The predicted molar refractivity (Wildman–Crippen MR) is 67.7 cm³/mol. The lowest BCUT2D eigenvalue weighted by molar-refractivity contribution is -0.145. The van der Waals surface area contributed by atoms with Gasteiger partial charge in [0, 0.05) is 5.41 Å². The highest BCUT2D eigenvalue weighted by atomic mass is 16.4. The van der Waals surface area contributed by atoms with Gasteiger partial charge in [0.1, 0.15) is 5.75 Å². The second kappa shape index (κ2) is 4.01. The third-order valence-electron chi connectivity index (χ3n) is 4.79. The summed E-state index contributed by atoms with van der Waals surface area (Å²) >= 11 is 0. The average Bonchev–Trinajstić information content (AvgIpc) is 2.78. The van der Waals surface area contributed by atoms with Crippen molar-refractivity contribution in [2.24, 2.45) is 5.92 Å². The maximum atomic E-state index is 11.5. The van der Waals surface area contributed by atoms with Gasteiger partial charge >= 0.3 is 5.97 Å². The topological polar surface area (TPSA) is 57.5 Å². The van der Waals surface area contributed by atoms with Crippen LogP contribution in [0.5, 0.6) is 5.75 Å². The Morgan fingerprint density at radius 3 is 2.67 bits per heavy atom. The minimum Gasteiger partial charge on any atom is -0.508 e. The van der Waals surface area contributed by atoms with Gasteiger partial charge in [-0.15, -0.1) is 0 Å². The molecule has 1 aromatic rings. The Labute approximate surface area is 106 Å². The summed E-state index contributed by atoms with van der Waals surface area (Å²) in [6, 6.07) is 5.46. The first-order chi connectivity index (χ1) is 8.63. The predicted octanol–water partition coefficient (Wildman–Crippen LogP) is 2.85. The van der Waals surface area contributed by atoms with E-state index in [0.29, 0.717) is 6.42 Å². The highest BCUT2D eigenvalue weighted by Crippen LogP contribution is 2.52. The van der Waals surface area contributed by atoms with Crippen LogP contribution in [0.25, 0.3) is 0 Å². The van der Waals surface area contributed by atoms with Crippen molar-refractivity contribution >= 4 is 5.97 Å². The number of benzene rings is 1. The highest BCUT2D eigenvalue weighted by molar-refractivity contribution is 5.73. The van der Waals surface area contributed by atoms with Gasteiger partial charge in [0.25, 0.3) is 0 Å². The molecule has 0 aliphatic heterocycles. The van der Waals surface area contributed by atoms with E-state index >= 15 is 0 Å². The van der Waals surface area contributed by atoms with Gasteiger partial charge in [-0.25, -0.2) is 0 Å². The van der Waals surface area contributed by atoms with Crippen molar-refractivity contribution < 1.29 is 15.0 Å². The van der Waals surface area contributed by atoms with E-state index in [1.54, 1.807) is 6.07 Å². The second-order valence-corrected chi connectivity index (χ2v) is 5.63. The van der Waals surface area contributed by atoms with Crippen molar-refractivity contribution in [3.8, 4) is 5.75 Å². The van der Waals surface area contributed by atoms with Crippen LogP contribution in [-0.4, -0.2) is 16.2 Å². The van der Waals surface area contributed by atoms with Gasteiger partial charge in [0.2, 0.25) is 0 Å². The van der Waals surface area contributed by atoms with Gasteiger partial charge in [0.15, 0.2) is 0 Å². The van der Waals surface area contributed by atoms with Crippen LogP contribution in [0.3, 0.4) is 0 Å². The van der Waals surface area contributed by atoms with Crippen LogP contribution in [-0.2, 0) is 16.6 Å². The van der Waals surface area contributed by atoms with Crippen molar-refractivity contribution in [1.29, 1.82) is 0 Å². The van der Waals surface area contributed by atoms with Crippen LogP contribution in [0.15, 0.2) is 18.2 Å². The molecule has 0 heterocycles. The largest absolute Gasteiger partial charge is 0.508 e. The lowest BCUT2D eigenvalue weighted by atomic mass is 9.62. The first-order valence-corrected chi connectivity index (χ1v) is 6.69. The van der Waals surface area contributed by atoms with Gasteiger partial charge in [-0.3, -0.25) is 4.79 Å². The SMILES string of the molecule is O=C(O)C1CCc2cc(O)ccc2C12CCCC2. The Morgan fingerprint density at radius 2 is 2.00 bits per heavy atom. The van der Waals surface area contributed by atoms with Gasteiger partial charge in [-0.1, -0.05) is 18.9 Å². The zero-order valence-electron chi connectivity index (χ0n) is 10.4. The number of carbonyl (C=O) groups is 1. The number of phenolic OH excluding ortho intramolecular Hbond substituents is 1. The number of phenols is 1. The second-order valence-electron chi connectivity index (χ2n) is 5.63. The van der Waals surface area contributed by atoms with E-state index in [1.165, 1.54) is 5.56 Å². The van der Waals surface area contributed by atoms with E-state index in [-0.39, 0.29) is 17.1 Å². The summed E-state index contributed by atoms with van der Waals surface area (Å²) in [4.78, 5) is 11.5. The lowest BCUT2D eigenvalue weighted by Crippen LogP contribution is -2.41. The summed E-state index contributed by atoms with van der Waals surface area (Å²) in [5.74, 6) is -0.622. The molecule has 1 fully saturated rings. The molecule has 96 valence electrons. The summed E-state index contributed by atoms with van der Waals surface area (Å²) in [7, 11) is 0. The summed E-state index contributed by atoms with van der Waals surface area (Å²) in [6.07, 6.45) is 5.64. The third kappa shape index (κ3) is 1.53. The normalized spacial score (nSPS) is 25.0. The molecule has 1 aromatic carbocycles. The molecule has 1 unspecified atom stereocenters. The first kappa shape index (κ1) is 11.6. The maximum Gasteiger partial charge on any atom is 0.307 e. The molecule has 18 heavy (non-hydrogen) atoms. The molecule has 1 saturated carbocycles. The smallest absolute Gasteiger partial charge is 0.307 e. The number of hydrogen-bond donors (Lipinski definition) is 2. The van der Waals surface area contributed by atoms with Gasteiger partial charge in [-0.2, -0.15) is 0 Å². The maximum absolute atomic E-state index is 11.5. The Bertz CT molecular complexity index is 487. The monoisotopic (exact) mass is 246 g/mol. The first-order valence-electron chi connectivity index (χ1n) is 6.69. The van der Waals surface area contributed by atoms with Gasteiger partial charge < -0.3 is 10.2 Å². The number of rotatable bonds is 1. The minimum absolute atomic E-state index is 0.173. The summed E-state index contributed by atoms with van der Waals surface area (Å²) in [5, 5.41) is 19.1. The molecule has 0 amide bonds. The molecule has 0 radical (unpaired) electrons. The number of carboxylic acids is 1. The number of fused-ring (bicyclic) bond motifs is 2. The third-order valence-corrected chi connectivity index (χ3v) is 4.79. The number of carboxylic acid groups (broad SMARTS) is 1. The zero-order chi connectivity index (χ0) is 12.8. The van der Waals surface area contributed by atoms with Crippen molar-refractivity contribution in [3.63, 3.8) is 0 Å². The molecule has 0 aromatic heterocycles. The van der Waals surface area contributed by atoms with E-state index in [1.807, 2.05) is 12.1 Å². The van der Waals surface area contributed by atoms with Crippen LogP contribution in [0.4, 0.5) is 0 Å². The summed E-state index contributed by atoms with van der Waals surface area (Å²) in [5.41, 5.74) is 2.15. The van der Waals surface area contributed by atoms with E-state index in [4.69, 9.17) is 0 Å². The van der Waals surface area contributed by atoms with E-state index in [9.17, 15) is 15.0 Å². The van der Waals surface area contributed by atoms with E-state index in [2.05, 4.69) is 0 Å². The molecular weight excluding hydrogens is 228 g/mol. The van der Waals surface area contributed by atoms with E-state index < -0.39 is 5.97 Å². The van der Waals surface area contributed by atoms with Crippen LogP contribution in [0, 0.1) is 5.92 Å². The molecule has 3 nitrogen and oxygen atoms in total. The number of aliphatic carboxylic acids is 1. The molecular formula is C15H18O3. The summed E-state index contributed by atoms with van der Waals surface area (Å²) < 4.78 is 0. The lowest BCUT2D eigenvalue weighted by Gasteiger charge is -2.41. The van der Waals surface area contributed by atoms with Crippen LogP contribution >= 0.6 is 0 Å². The Balaban J connectivity index is 2.13. The Morgan fingerprint density at radius 1 is 1.28 bits per heavy atom. The average molecular weight is 246 g/mol. The fourth-order valence-corrected chi connectivity index (χ4v) is 4.02. The number of aromatic hydroxyl groups is 1. The standard InChI is InChI=1S/C15H18O3/c16-11-4-6-12-10(9-11)3-5-13(14(17)18)15(12)7-1-2-8-15/h4,6,9,13,16H,1-3,5,7-8H2,(H,17,18). The van der Waals surface area contributed by atoms with Crippen LogP contribution < -0.4 is 0 Å². The molecule has 2 N–H and O–H groups in total. The van der Waals surface area contributed by atoms with Crippen molar-refractivity contribution in [1.82, 2.24) is 0 Å². The van der Waals surface area contributed by atoms with Crippen molar-refractivity contribution in [3.05, 3.63) is 29.3 Å². The molecule has 2 aliphatic carbocycles. The molecule has 3 rings (SSSR count). The van der Waals surface area contributed by atoms with Gasteiger partial charge in [0.05, 0.1) is 5.92 Å². The minimum atomic E-state index is -0.657. The molecule has 1 atom stereocenters. The number of hydrogen-bond acceptors (Lipinski definition) is 2. The van der Waals surface area contributed by atoms with Crippen molar-refractivity contribution in [2.75, 3.05) is 0 Å². The molecule has 3 heteroatoms. The quantitative estimate of drug-likeness (QED) is 0.801. The molecule has 0 saturated heterocycles.